The lowest BCUT2D eigenvalue weighted by Crippen LogP contribution is -2.02. The average Bonchev–Trinajstić information content (AvgIpc) is 3.43. The molecular formula is C23H20N6OS. The van der Waals surface area contributed by atoms with Gasteiger partial charge in [0.1, 0.15) is 5.75 Å². The number of methoxy groups -OCH3 is 1. The number of nitrogens with one attached hydrogen (secondary N) is 2. The Labute approximate surface area is 183 Å². The van der Waals surface area contributed by atoms with E-state index in [2.05, 4.69) is 20.6 Å². The number of thiophene rings is 1. The number of aromatic nitrogens is 4. The predicted molar refractivity (Wildman–Crippen MR) is 125 cm³/mol. The molecule has 7 nitrogen and oxygen atoms in total. The summed E-state index contributed by atoms with van der Waals surface area (Å²) < 4.78 is 8.56. The summed E-state index contributed by atoms with van der Waals surface area (Å²) in [6.45, 7) is 1.96. The third-order valence-electron chi connectivity index (χ3n) is 4.77. The van der Waals surface area contributed by atoms with E-state index >= 15 is 0 Å². The van der Waals surface area contributed by atoms with Crippen molar-refractivity contribution in [1.29, 1.82) is 0 Å². The minimum atomic E-state index is 0.512. The fourth-order valence-corrected chi connectivity index (χ4v) is 4.09. The van der Waals surface area contributed by atoms with Gasteiger partial charge in [-0.05, 0) is 42.6 Å². The van der Waals surface area contributed by atoms with Crippen LogP contribution in [-0.4, -0.2) is 26.6 Å². The molecule has 2 N–H and O–H groups in total. The van der Waals surface area contributed by atoms with Crippen molar-refractivity contribution in [3.8, 4) is 11.4 Å². The van der Waals surface area contributed by atoms with Crippen molar-refractivity contribution in [1.82, 2.24) is 19.5 Å². The standard InChI is InChI=1S/C23H20N6OS/c1-15-13-29(14-24-15)19-9-8-17(12-20(19)30-2)26-23-27-18-10-11-31-21(18)22(28-23)25-16-6-4-3-5-7-16/h3-14H,1-2H3,(H2,25,26,27,28). The fraction of sp³-hybridized carbons (Fsp3) is 0.0870. The highest BCUT2D eigenvalue weighted by atomic mass is 32.1. The number of rotatable bonds is 6. The van der Waals surface area contributed by atoms with Gasteiger partial charge in [0.25, 0.3) is 0 Å². The maximum absolute atomic E-state index is 5.61. The number of hydrogen-bond acceptors (Lipinski definition) is 7. The normalized spacial score (nSPS) is 10.9. The van der Waals surface area contributed by atoms with Crippen LogP contribution in [-0.2, 0) is 0 Å². The van der Waals surface area contributed by atoms with E-state index in [1.54, 1.807) is 24.8 Å². The molecule has 0 bridgehead atoms. The number of anilines is 4. The third-order valence-corrected chi connectivity index (χ3v) is 5.68. The van der Waals surface area contributed by atoms with E-state index in [1.807, 2.05) is 77.7 Å². The van der Waals surface area contributed by atoms with E-state index in [1.165, 1.54) is 0 Å². The monoisotopic (exact) mass is 428 g/mol. The van der Waals surface area contributed by atoms with E-state index < -0.39 is 0 Å². The summed E-state index contributed by atoms with van der Waals surface area (Å²) in [6.07, 6.45) is 3.73. The van der Waals surface area contributed by atoms with Crippen molar-refractivity contribution < 1.29 is 4.74 Å². The maximum Gasteiger partial charge on any atom is 0.229 e. The average molecular weight is 429 g/mol. The number of hydrogen-bond donors (Lipinski definition) is 2. The van der Waals surface area contributed by atoms with Crippen LogP contribution in [0.3, 0.4) is 0 Å². The van der Waals surface area contributed by atoms with Crippen molar-refractivity contribution in [3.05, 3.63) is 78.2 Å². The van der Waals surface area contributed by atoms with Crippen molar-refractivity contribution in [2.75, 3.05) is 17.7 Å². The zero-order valence-corrected chi connectivity index (χ0v) is 17.9. The second-order valence-corrected chi connectivity index (χ2v) is 7.87. The van der Waals surface area contributed by atoms with Gasteiger partial charge >= 0.3 is 0 Å². The molecule has 8 heteroatoms. The maximum atomic E-state index is 5.61. The molecule has 0 radical (unpaired) electrons. The molecule has 0 amide bonds. The minimum Gasteiger partial charge on any atom is -0.494 e. The van der Waals surface area contributed by atoms with Crippen LogP contribution in [0.1, 0.15) is 5.69 Å². The van der Waals surface area contributed by atoms with Gasteiger partial charge in [-0.15, -0.1) is 11.3 Å². The summed E-state index contributed by atoms with van der Waals surface area (Å²) in [5.74, 6) is 2.01. The van der Waals surface area contributed by atoms with Crippen LogP contribution >= 0.6 is 11.3 Å². The van der Waals surface area contributed by atoms with Gasteiger partial charge in [0.05, 0.1) is 35.0 Å². The van der Waals surface area contributed by atoms with Gasteiger partial charge in [-0.2, -0.15) is 4.98 Å². The number of nitrogens with zero attached hydrogens (tertiary/aromatic N) is 4. The van der Waals surface area contributed by atoms with Crippen LogP contribution in [0.5, 0.6) is 5.75 Å². The quantitative estimate of drug-likeness (QED) is 0.362. The predicted octanol–water partition coefficient (Wildman–Crippen LogP) is 5.68. The molecule has 0 fully saturated rings. The third kappa shape index (κ3) is 3.93. The smallest absolute Gasteiger partial charge is 0.229 e. The first-order chi connectivity index (χ1) is 15.2. The topological polar surface area (TPSA) is 76.9 Å². The zero-order chi connectivity index (χ0) is 21.2. The van der Waals surface area contributed by atoms with Gasteiger partial charge in [0.15, 0.2) is 5.82 Å². The van der Waals surface area contributed by atoms with Crippen LogP contribution in [0.4, 0.5) is 23.1 Å². The van der Waals surface area contributed by atoms with Crippen LogP contribution < -0.4 is 15.4 Å². The van der Waals surface area contributed by atoms with E-state index in [0.717, 1.165) is 44.5 Å². The highest BCUT2D eigenvalue weighted by Crippen LogP contribution is 2.32. The molecular weight excluding hydrogens is 408 g/mol. The summed E-state index contributed by atoms with van der Waals surface area (Å²) in [5.41, 5.74) is 4.55. The largest absolute Gasteiger partial charge is 0.494 e. The lowest BCUT2D eigenvalue weighted by atomic mass is 10.2. The van der Waals surface area contributed by atoms with E-state index in [-0.39, 0.29) is 0 Å². The molecule has 0 spiro atoms. The molecule has 0 aliphatic rings. The molecule has 5 aromatic rings. The number of para-hydroxylation sites is 1. The summed E-state index contributed by atoms with van der Waals surface area (Å²) >= 11 is 1.61. The van der Waals surface area contributed by atoms with Crippen molar-refractivity contribution in [2.45, 2.75) is 6.92 Å². The highest BCUT2D eigenvalue weighted by Gasteiger charge is 2.12. The van der Waals surface area contributed by atoms with Gasteiger partial charge in [-0.1, -0.05) is 18.2 Å². The highest BCUT2D eigenvalue weighted by molar-refractivity contribution is 7.17. The number of aryl methyl sites for hydroxylation is 1. The van der Waals surface area contributed by atoms with Gasteiger partial charge in [0.2, 0.25) is 5.95 Å². The molecule has 5 rings (SSSR count). The van der Waals surface area contributed by atoms with Crippen LogP contribution in [0.15, 0.2) is 72.5 Å². The first-order valence-corrected chi connectivity index (χ1v) is 10.6. The van der Waals surface area contributed by atoms with Gasteiger partial charge in [0, 0.05) is 23.6 Å². The molecule has 0 saturated heterocycles. The molecule has 0 atom stereocenters. The van der Waals surface area contributed by atoms with Crippen LogP contribution in [0.25, 0.3) is 15.9 Å². The molecule has 154 valence electrons. The fourth-order valence-electron chi connectivity index (χ4n) is 3.31. The Kier molecular flexibility index (Phi) is 4.97. The Morgan fingerprint density at radius 1 is 0.968 bits per heavy atom. The molecule has 0 saturated carbocycles. The zero-order valence-electron chi connectivity index (χ0n) is 17.0. The van der Waals surface area contributed by atoms with Gasteiger partial charge < -0.3 is 19.9 Å². The van der Waals surface area contributed by atoms with Gasteiger partial charge in [-0.25, -0.2) is 9.97 Å². The van der Waals surface area contributed by atoms with Crippen molar-refractivity contribution >= 4 is 44.7 Å². The minimum absolute atomic E-state index is 0.512. The van der Waals surface area contributed by atoms with Gasteiger partial charge in [-0.3, -0.25) is 0 Å². The molecule has 0 aliphatic heterocycles. The number of fused-ring (bicyclic) bond motifs is 1. The first-order valence-electron chi connectivity index (χ1n) is 9.73. The molecule has 2 aromatic carbocycles. The molecule has 31 heavy (non-hydrogen) atoms. The molecule has 0 unspecified atom stereocenters. The Hall–Kier alpha value is -3.91. The van der Waals surface area contributed by atoms with Crippen molar-refractivity contribution in [2.24, 2.45) is 0 Å². The van der Waals surface area contributed by atoms with E-state index in [9.17, 15) is 0 Å². The first kappa shape index (κ1) is 19.1. The molecule has 0 aliphatic carbocycles. The summed E-state index contributed by atoms with van der Waals surface area (Å²) in [5, 5.41) is 8.73. The Balaban J connectivity index is 1.47. The number of imidazole rings is 1. The second kappa shape index (κ2) is 8.08. The van der Waals surface area contributed by atoms with E-state index in [4.69, 9.17) is 9.72 Å². The second-order valence-electron chi connectivity index (χ2n) is 6.96. The molecule has 3 aromatic heterocycles. The van der Waals surface area contributed by atoms with Crippen LogP contribution in [0, 0.1) is 6.92 Å². The number of ether oxygens (including phenoxy) is 1. The molecule has 3 heterocycles. The Morgan fingerprint density at radius 2 is 1.84 bits per heavy atom. The Bertz CT molecular complexity index is 1340. The lowest BCUT2D eigenvalue weighted by molar-refractivity contribution is 0.413. The van der Waals surface area contributed by atoms with Crippen molar-refractivity contribution in [3.63, 3.8) is 0 Å². The number of benzene rings is 2. The summed E-state index contributed by atoms with van der Waals surface area (Å²) in [4.78, 5) is 13.7. The summed E-state index contributed by atoms with van der Waals surface area (Å²) in [7, 11) is 1.65. The SMILES string of the molecule is COc1cc(Nc2nc(Nc3ccccc3)c3sccc3n2)ccc1-n1cnc(C)c1. The van der Waals surface area contributed by atoms with Crippen LogP contribution in [0.2, 0.25) is 0 Å². The Morgan fingerprint density at radius 3 is 2.61 bits per heavy atom. The summed E-state index contributed by atoms with van der Waals surface area (Å²) in [6, 6.07) is 17.9. The lowest BCUT2D eigenvalue weighted by Gasteiger charge is -2.13. The van der Waals surface area contributed by atoms with E-state index in [0.29, 0.717) is 5.95 Å².